The summed E-state index contributed by atoms with van der Waals surface area (Å²) in [5, 5.41) is 8.88. The molecule has 4 rings (SSSR count). The van der Waals surface area contributed by atoms with Crippen LogP contribution in [0.25, 0.3) is 0 Å². The van der Waals surface area contributed by atoms with Crippen molar-refractivity contribution in [3.05, 3.63) is 81.8 Å². The van der Waals surface area contributed by atoms with E-state index in [1.165, 1.54) is 10.8 Å². The van der Waals surface area contributed by atoms with Gasteiger partial charge in [0.05, 0.1) is 13.2 Å². The number of thiazole rings is 2. The second-order valence-electron chi connectivity index (χ2n) is 7.58. The molecule has 0 fully saturated rings. The third kappa shape index (κ3) is 7.24. The fraction of sp³-hybridized carbons (Fsp3) is 0.154. The summed E-state index contributed by atoms with van der Waals surface area (Å²) < 4.78 is 15.6. The molecular weight excluding hydrogens is 544 g/mol. The van der Waals surface area contributed by atoms with E-state index >= 15 is 0 Å². The van der Waals surface area contributed by atoms with Gasteiger partial charge in [0.25, 0.3) is 11.8 Å². The zero-order valence-corrected chi connectivity index (χ0v) is 22.4. The molecule has 11 nitrogen and oxygen atoms in total. The van der Waals surface area contributed by atoms with Gasteiger partial charge in [-0.2, -0.15) is 0 Å². The normalized spacial score (nSPS) is 10.4. The Hall–Kier alpha value is -4.62. The number of amides is 2. The number of carbonyl (C=O) groups is 4. The highest BCUT2D eigenvalue weighted by Gasteiger charge is 2.16. The Morgan fingerprint density at radius 3 is 1.41 bits per heavy atom. The summed E-state index contributed by atoms with van der Waals surface area (Å²) in [5.74, 6) is -0.913. The Morgan fingerprint density at radius 1 is 0.667 bits per heavy atom. The molecule has 0 saturated carbocycles. The molecule has 2 heterocycles. The van der Waals surface area contributed by atoms with E-state index in [0.717, 1.165) is 22.7 Å². The van der Waals surface area contributed by atoms with Crippen molar-refractivity contribution in [1.82, 2.24) is 9.97 Å². The maximum absolute atomic E-state index is 12.5. The third-order valence-corrected chi connectivity index (χ3v) is 6.40. The first-order chi connectivity index (χ1) is 18.9. The summed E-state index contributed by atoms with van der Waals surface area (Å²) in [6.07, 6.45) is 0. The predicted molar refractivity (Wildman–Crippen MR) is 145 cm³/mol. The summed E-state index contributed by atoms with van der Waals surface area (Å²) in [7, 11) is 0. The van der Waals surface area contributed by atoms with Crippen LogP contribution in [0.4, 0.5) is 10.3 Å². The molecular formula is C26H22N4O7S2. The molecule has 0 saturated heterocycles. The molecule has 200 valence electrons. The lowest BCUT2D eigenvalue weighted by atomic mass is 10.2. The summed E-state index contributed by atoms with van der Waals surface area (Å²) >= 11 is 2.24. The minimum atomic E-state index is -0.548. The lowest BCUT2D eigenvalue weighted by Crippen LogP contribution is -2.12. The Balaban J connectivity index is 1.31. The van der Waals surface area contributed by atoms with Crippen molar-refractivity contribution < 1.29 is 33.4 Å². The van der Waals surface area contributed by atoms with Crippen LogP contribution in [0.3, 0.4) is 0 Å². The van der Waals surface area contributed by atoms with Crippen molar-refractivity contribution in [2.45, 2.75) is 13.8 Å². The minimum absolute atomic E-state index is 0.135. The molecule has 13 heteroatoms. The molecule has 2 aromatic heterocycles. The molecule has 0 aliphatic carbocycles. The number of carbonyl (C=O) groups excluding carboxylic acids is 4. The van der Waals surface area contributed by atoms with Crippen molar-refractivity contribution in [2.75, 3.05) is 23.8 Å². The molecule has 39 heavy (non-hydrogen) atoms. The Morgan fingerprint density at radius 2 is 1.05 bits per heavy atom. The van der Waals surface area contributed by atoms with E-state index in [4.69, 9.17) is 14.2 Å². The lowest BCUT2D eigenvalue weighted by Gasteiger charge is -2.08. The fourth-order valence-electron chi connectivity index (χ4n) is 3.08. The number of rotatable bonds is 10. The van der Waals surface area contributed by atoms with Gasteiger partial charge in [-0.15, -0.1) is 22.7 Å². The summed E-state index contributed by atoms with van der Waals surface area (Å²) in [4.78, 5) is 56.6. The lowest BCUT2D eigenvalue weighted by molar-refractivity contribution is 0.0511. The molecule has 0 aliphatic rings. The van der Waals surface area contributed by atoms with Gasteiger partial charge in [-0.1, -0.05) is 0 Å². The number of benzene rings is 2. The van der Waals surface area contributed by atoms with Crippen LogP contribution in [0.5, 0.6) is 11.5 Å². The monoisotopic (exact) mass is 566 g/mol. The Kier molecular flexibility index (Phi) is 8.97. The van der Waals surface area contributed by atoms with E-state index in [-0.39, 0.29) is 34.9 Å². The number of hydrogen-bond acceptors (Lipinski definition) is 11. The number of esters is 2. The number of nitrogens with one attached hydrogen (secondary N) is 2. The first kappa shape index (κ1) is 27.4. The Labute approximate surface area is 230 Å². The van der Waals surface area contributed by atoms with Crippen molar-refractivity contribution in [1.29, 1.82) is 0 Å². The van der Waals surface area contributed by atoms with Crippen molar-refractivity contribution in [2.24, 2.45) is 0 Å². The van der Waals surface area contributed by atoms with Gasteiger partial charge in [0.15, 0.2) is 21.7 Å². The second kappa shape index (κ2) is 12.8. The van der Waals surface area contributed by atoms with Gasteiger partial charge < -0.3 is 14.2 Å². The van der Waals surface area contributed by atoms with Crippen molar-refractivity contribution in [3.8, 4) is 11.5 Å². The highest BCUT2D eigenvalue weighted by molar-refractivity contribution is 7.14. The molecule has 0 spiro atoms. The largest absolute Gasteiger partial charge is 0.461 e. The highest BCUT2D eigenvalue weighted by atomic mass is 32.1. The van der Waals surface area contributed by atoms with E-state index in [1.807, 2.05) is 0 Å². The summed E-state index contributed by atoms with van der Waals surface area (Å²) in [5.41, 5.74) is 1.01. The topological polar surface area (TPSA) is 146 Å². The van der Waals surface area contributed by atoms with Crippen LogP contribution in [-0.4, -0.2) is 46.9 Å². The predicted octanol–water partition coefficient (Wildman–Crippen LogP) is 5.25. The van der Waals surface area contributed by atoms with Gasteiger partial charge >= 0.3 is 11.9 Å². The average molecular weight is 567 g/mol. The van der Waals surface area contributed by atoms with Gasteiger partial charge in [0.1, 0.15) is 11.5 Å². The molecule has 0 radical (unpaired) electrons. The molecule has 0 atom stereocenters. The highest BCUT2D eigenvalue weighted by Crippen LogP contribution is 2.24. The third-order valence-electron chi connectivity index (χ3n) is 4.89. The second-order valence-corrected chi connectivity index (χ2v) is 9.29. The van der Waals surface area contributed by atoms with Crippen LogP contribution in [0.1, 0.15) is 55.5 Å². The number of aromatic nitrogens is 2. The molecule has 2 amide bonds. The number of nitrogens with zero attached hydrogens (tertiary/aromatic N) is 2. The molecule has 0 aliphatic heterocycles. The van der Waals surface area contributed by atoms with Crippen LogP contribution in [0.15, 0.2) is 59.3 Å². The average Bonchev–Trinajstić information content (AvgIpc) is 3.60. The quantitative estimate of drug-likeness (QED) is 0.246. The smallest absolute Gasteiger partial charge is 0.357 e. The minimum Gasteiger partial charge on any atom is -0.461 e. The first-order valence-corrected chi connectivity index (χ1v) is 13.4. The molecule has 0 unspecified atom stereocenters. The van der Waals surface area contributed by atoms with Crippen molar-refractivity contribution >= 4 is 56.7 Å². The fourth-order valence-corrected chi connectivity index (χ4v) is 4.43. The maximum Gasteiger partial charge on any atom is 0.357 e. The van der Waals surface area contributed by atoms with E-state index in [1.54, 1.807) is 62.4 Å². The molecule has 0 bridgehead atoms. The van der Waals surface area contributed by atoms with E-state index in [0.29, 0.717) is 22.6 Å². The van der Waals surface area contributed by atoms with Gasteiger partial charge in [-0.25, -0.2) is 19.6 Å². The van der Waals surface area contributed by atoms with Crippen LogP contribution in [0, 0.1) is 0 Å². The first-order valence-electron chi connectivity index (χ1n) is 11.6. The zero-order valence-electron chi connectivity index (χ0n) is 20.8. The zero-order chi connectivity index (χ0) is 27.8. The number of ether oxygens (including phenoxy) is 3. The Bertz CT molecular complexity index is 1370. The van der Waals surface area contributed by atoms with Crippen LogP contribution >= 0.6 is 22.7 Å². The van der Waals surface area contributed by atoms with Crippen LogP contribution in [0.2, 0.25) is 0 Å². The van der Waals surface area contributed by atoms with E-state index in [9.17, 15) is 19.2 Å². The maximum atomic E-state index is 12.5. The van der Waals surface area contributed by atoms with Crippen molar-refractivity contribution in [3.63, 3.8) is 0 Å². The van der Waals surface area contributed by atoms with Gasteiger partial charge in [0, 0.05) is 21.9 Å². The van der Waals surface area contributed by atoms with Gasteiger partial charge in [-0.3, -0.25) is 20.2 Å². The SMILES string of the molecule is CCOC(=O)c1csc(NC(=O)c2ccc(Oc3ccc(C(=O)Nc4nc(C(=O)OCC)cs4)cc3)cc2)n1. The molecule has 4 aromatic rings. The molecule has 2 aromatic carbocycles. The van der Waals surface area contributed by atoms with Crippen LogP contribution in [-0.2, 0) is 9.47 Å². The van der Waals surface area contributed by atoms with Crippen LogP contribution < -0.4 is 15.4 Å². The summed E-state index contributed by atoms with van der Waals surface area (Å²) in [6.45, 7) is 3.87. The van der Waals surface area contributed by atoms with E-state index in [2.05, 4.69) is 20.6 Å². The summed E-state index contributed by atoms with van der Waals surface area (Å²) in [6, 6.07) is 12.9. The van der Waals surface area contributed by atoms with Gasteiger partial charge in [-0.05, 0) is 62.4 Å². The number of hydrogen-bond donors (Lipinski definition) is 2. The van der Waals surface area contributed by atoms with Gasteiger partial charge in [0.2, 0.25) is 0 Å². The molecule has 2 N–H and O–H groups in total. The van der Waals surface area contributed by atoms with E-state index < -0.39 is 23.8 Å². The number of anilines is 2. The standard InChI is InChI=1S/C26H22N4O7S2/c1-3-35-23(33)19-13-38-25(27-19)29-21(31)15-5-9-17(10-6-15)37-18-11-7-16(8-12-18)22(32)30-26-28-20(14-39-26)24(34)36-4-2/h5-14H,3-4H2,1-2H3,(H,27,29,31)(H,28,30,32).